The zero-order valence-corrected chi connectivity index (χ0v) is 13.4. The molecular weight excluding hydrogens is 316 g/mol. The molecule has 0 fully saturated rings. The van der Waals surface area contributed by atoms with Gasteiger partial charge < -0.3 is 9.51 Å². The standard InChI is InChI=1S/C19H14N4O2/c1-12-15(16(21-19(24)20-12)13-8-4-2-5-9-13)18-22-17(23-25-18)14-10-6-3-7-11-14/h2-11H,1H3,(H,20,21,24). The zero-order chi connectivity index (χ0) is 17.2. The Hall–Kier alpha value is -3.54. The van der Waals surface area contributed by atoms with Gasteiger partial charge >= 0.3 is 5.69 Å². The average Bonchev–Trinajstić information content (AvgIpc) is 3.12. The van der Waals surface area contributed by atoms with Crippen LogP contribution in [0.2, 0.25) is 0 Å². The van der Waals surface area contributed by atoms with E-state index in [1.165, 1.54) is 0 Å². The van der Waals surface area contributed by atoms with E-state index in [4.69, 9.17) is 4.52 Å². The van der Waals surface area contributed by atoms with Crippen molar-refractivity contribution in [2.24, 2.45) is 0 Å². The number of benzene rings is 2. The average molecular weight is 330 g/mol. The number of nitrogens with one attached hydrogen (secondary N) is 1. The Bertz CT molecular complexity index is 1070. The lowest BCUT2D eigenvalue weighted by Gasteiger charge is -2.07. The molecular formula is C19H14N4O2. The Morgan fingerprint density at radius 1 is 0.880 bits per heavy atom. The predicted octanol–water partition coefficient (Wildman–Crippen LogP) is 3.46. The van der Waals surface area contributed by atoms with Gasteiger partial charge in [0.05, 0.1) is 11.3 Å². The molecule has 6 nitrogen and oxygen atoms in total. The number of rotatable bonds is 3. The number of aromatic nitrogens is 4. The molecule has 0 aliphatic carbocycles. The molecule has 2 aromatic heterocycles. The number of hydrogen-bond acceptors (Lipinski definition) is 5. The molecule has 0 aliphatic rings. The van der Waals surface area contributed by atoms with E-state index < -0.39 is 5.69 Å². The molecule has 2 aromatic carbocycles. The van der Waals surface area contributed by atoms with Gasteiger partial charge in [-0.1, -0.05) is 65.8 Å². The molecule has 0 saturated heterocycles. The van der Waals surface area contributed by atoms with E-state index >= 15 is 0 Å². The highest BCUT2D eigenvalue weighted by molar-refractivity contribution is 5.78. The summed E-state index contributed by atoms with van der Waals surface area (Å²) in [5, 5.41) is 4.06. The Morgan fingerprint density at radius 3 is 2.20 bits per heavy atom. The van der Waals surface area contributed by atoms with Crippen molar-refractivity contribution in [1.29, 1.82) is 0 Å². The normalized spacial score (nSPS) is 10.8. The number of hydrogen-bond donors (Lipinski definition) is 1. The molecule has 6 heteroatoms. The second kappa shape index (κ2) is 6.16. The maximum Gasteiger partial charge on any atom is 0.345 e. The summed E-state index contributed by atoms with van der Waals surface area (Å²) in [6.07, 6.45) is 0. The van der Waals surface area contributed by atoms with Crippen molar-refractivity contribution in [2.45, 2.75) is 6.92 Å². The van der Waals surface area contributed by atoms with Gasteiger partial charge in [-0.05, 0) is 6.92 Å². The van der Waals surface area contributed by atoms with Gasteiger partial charge in [0.1, 0.15) is 0 Å². The second-order valence-electron chi connectivity index (χ2n) is 5.55. The topological polar surface area (TPSA) is 84.7 Å². The number of nitrogens with zero attached hydrogens (tertiary/aromatic N) is 3. The molecule has 0 amide bonds. The van der Waals surface area contributed by atoms with Gasteiger partial charge in [-0.25, -0.2) is 4.79 Å². The van der Waals surface area contributed by atoms with Crippen molar-refractivity contribution < 1.29 is 4.52 Å². The molecule has 0 spiro atoms. The summed E-state index contributed by atoms with van der Waals surface area (Å²) in [6.45, 7) is 1.79. The lowest BCUT2D eigenvalue weighted by molar-refractivity contribution is 0.432. The SMILES string of the molecule is Cc1[nH]c(=O)nc(-c2ccccc2)c1-c1nc(-c2ccccc2)no1. The minimum Gasteiger partial charge on any atom is -0.333 e. The summed E-state index contributed by atoms with van der Waals surface area (Å²) in [7, 11) is 0. The molecule has 0 radical (unpaired) electrons. The first-order valence-electron chi connectivity index (χ1n) is 7.78. The van der Waals surface area contributed by atoms with Gasteiger partial charge in [-0.2, -0.15) is 9.97 Å². The minimum atomic E-state index is -0.414. The largest absolute Gasteiger partial charge is 0.345 e. The molecule has 0 bridgehead atoms. The van der Waals surface area contributed by atoms with Gasteiger partial charge in [-0.15, -0.1) is 0 Å². The number of aryl methyl sites for hydroxylation is 1. The van der Waals surface area contributed by atoms with E-state index in [1.54, 1.807) is 6.92 Å². The molecule has 0 unspecified atom stereocenters. The first kappa shape index (κ1) is 15.0. The van der Waals surface area contributed by atoms with Crippen LogP contribution in [0.5, 0.6) is 0 Å². The fourth-order valence-corrected chi connectivity index (χ4v) is 2.68. The van der Waals surface area contributed by atoms with Crippen LogP contribution in [0.15, 0.2) is 70.0 Å². The Balaban J connectivity index is 1.89. The fourth-order valence-electron chi connectivity index (χ4n) is 2.68. The summed E-state index contributed by atoms with van der Waals surface area (Å²) in [6, 6.07) is 19.0. The Morgan fingerprint density at radius 2 is 1.52 bits per heavy atom. The molecule has 4 aromatic rings. The molecule has 0 saturated carbocycles. The summed E-state index contributed by atoms with van der Waals surface area (Å²) < 4.78 is 5.46. The summed E-state index contributed by atoms with van der Waals surface area (Å²) in [5.74, 6) is 0.805. The lowest BCUT2D eigenvalue weighted by Crippen LogP contribution is -2.14. The third-order valence-electron chi connectivity index (χ3n) is 3.84. The van der Waals surface area contributed by atoms with E-state index in [0.717, 1.165) is 11.1 Å². The van der Waals surface area contributed by atoms with Crippen LogP contribution in [0.4, 0.5) is 0 Å². The van der Waals surface area contributed by atoms with Crippen LogP contribution in [0, 0.1) is 6.92 Å². The zero-order valence-electron chi connectivity index (χ0n) is 13.4. The van der Waals surface area contributed by atoms with E-state index in [0.29, 0.717) is 28.7 Å². The maximum atomic E-state index is 11.9. The van der Waals surface area contributed by atoms with E-state index in [-0.39, 0.29) is 0 Å². The second-order valence-corrected chi connectivity index (χ2v) is 5.55. The highest BCUT2D eigenvalue weighted by Gasteiger charge is 2.20. The molecule has 25 heavy (non-hydrogen) atoms. The Labute approximate surface area is 143 Å². The van der Waals surface area contributed by atoms with Crippen molar-refractivity contribution in [2.75, 3.05) is 0 Å². The van der Waals surface area contributed by atoms with Gasteiger partial charge in [0, 0.05) is 16.8 Å². The molecule has 0 atom stereocenters. The van der Waals surface area contributed by atoms with Gasteiger partial charge in [0.2, 0.25) is 5.82 Å². The van der Waals surface area contributed by atoms with Crippen molar-refractivity contribution in [1.82, 2.24) is 20.1 Å². The smallest absolute Gasteiger partial charge is 0.333 e. The van der Waals surface area contributed by atoms with Crippen LogP contribution in [0.1, 0.15) is 5.69 Å². The van der Waals surface area contributed by atoms with Crippen molar-refractivity contribution >= 4 is 0 Å². The van der Waals surface area contributed by atoms with Crippen LogP contribution in [-0.4, -0.2) is 20.1 Å². The first-order chi connectivity index (χ1) is 12.2. The summed E-state index contributed by atoms with van der Waals surface area (Å²) >= 11 is 0. The van der Waals surface area contributed by atoms with Gasteiger partial charge in [0.15, 0.2) is 0 Å². The van der Waals surface area contributed by atoms with E-state index in [9.17, 15) is 4.79 Å². The summed E-state index contributed by atoms with van der Waals surface area (Å²) in [5.41, 5.74) is 3.02. The number of aromatic amines is 1. The highest BCUT2D eigenvalue weighted by atomic mass is 16.5. The summed E-state index contributed by atoms with van der Waals surface area (Å²) in [4.78, 5) is 23.2. The predicted molar refractivity (Wildman–Crippen MR) is 93.8 cm³/mol. The molecule has 0 aliphatic heterocycles. The van der Waals surface area contributed by atoms with Crippen LogP contribution in [0.25, 0.3) is 34.1 Å². The van der Waals surface area contributed by atoms with Gasteiger partial charge in [-0.3, -0.25) is 0 Å². The maximum absolute atomic E-state index is 11.9. The molecule has 1 N–H and O–H groups in total. The monoisotopic (exact) mass is 330 g/mol. The van der Waals surface area contributed by atoms with Crippen LogP contribution < -0.4 is 5.69 Å². The highest BCUT2D eigenvalue weighted by Crippen LogP contribution is 2.31. The third kappa shape index (κ3) is 2.85. The molecule has 4 rings (SSSR count). The molecule has 122 valence electrons. The first-order valence-corrected chi connectivity index (χ1v) is 7.78. The van der Waals surface area contributed by atoms with Crippen molar-refractivity contribution in [3.63, 3.8) is 0 Å². The van der Waals surface area contributed by atoms with Crippen molar-refractivity contribution in [3.05, 3.63) is 76.8 Å². The lowest BCUT2D eigenvalue weighted by atomic mass is 10.0. The fraction of sp³-hybridized carbons (Fsp3) is 0.0526. The van der Waals surface area contributed by atoms with E-state index in [1.807, 2.05) is 60.7 Å². The van der Waals surface area contributed by atoms with Crippen LogP contribution in [0.3, 0.4) is 0 Å². The quantitative estimate of drug-likeness (QED) is 0.622. The minimum absolute atomic E-state index is 0.318. The van der Waals surface area contributed by atoms with Crippen molar-refractivity contribution in [3.8, 4) is 34.1 Å². The Kier molecular flexibility index (Phi) is 3.70. The van der Waals surface area contributed by atoms with E-state index in [2.05, 4.69) is 20.1 Å². The number of H-pyrrole nitrogens is 1. The molecule has 2 heterocycles. The third-order valence-corrected chi connectivity index (χ3v) is 3.84. The van der Waals surface area contributed by atoms with Crippen LogP contribution >= 0.6 is 0 Å². The van der Waals surface area contributed by atoms with Gasteiger partial charge in [0.25, 0.3) is 5.89 Å². The van der Waals surface area contributed by atoms with Crippen LogP contribution in [-0.2, 0) is 0 Å².